The Morgan fingerprint density at radius 2 is 1.78 bits per heavy atom. The van der Waals surface area contributed by atoms with E-state index >= 15 is 0 Å². The van der Waals surface area contributed by atoms with Crippen LogP contribution in [0.3, 0.4) is 0 Å². The first-order valence-electron chi connectivity index (χ1n) is 7.03. The van der Waals surface area contributed by atoms with E-state index in [1.807, 2.05) is 20.8 Å². The minimum Gasteiger partial charge on any atom is -0.218 e. The summed E-state index contributed by atoms with van der Waals surface area (Å²) in [6.45, 7) is 6.06. The van der Waals surface area contributed by atoms with E-state index in [2.05, 4.69) is 26.9 Å². The van der Waals surface area contributed by atoms with Gasteiger partial charge in [-0.3, -0.25) is 0 Å². The Labute approximate surface area is 132 Å². The molecular formula is C17H14F2N4. The van der Waals surface area contributed by atoms with Crippen molar-refractivity contribution in [2.75, 3.05) is 0 Å². The van der Waals surface area contributed by atoms with Gasteiger partial charge in [-0.2, -0.15) is 4.98 Å². The number of nitrogens with zero attached hydrogens (tertiary/aromatic N) is 4. The highest BCUT2D eigenvalue weighted by atomic mass is 19.2. The van der Waals surface area contributed by atoms with E-state index in [1.54, 1.807) is 16.9 Å². The van der Waals surface area contributed by atoms with Crippen LogP contribution in [0.5, 0.6) is 0 Å². The lowest BCUT2D eigenvalue weighted by molar-refractivity contribution is 0.508. The van der Waals surface area contributed by atoms with Gasteiger partial charge in [-0.1, -0.05) is 32.6 Å². The Hall–Kier alpha value is -2.81. The van der Waals surface area contributed by atoms with Crippen LogP contribution in [0, 0.1) is 23.5 Å². The van der Waals surface area contributed by atoms with Crippen molar-refractivity contribution in [3.8, 4) is 11.8 Å². The monoisotopic (exact) mass is 312 g/mol. The van der Waals surface area contributed by atoms with Crippen LogP contribution in [0.25, 0.3) is 5.78 Å². The van der Waals surface area contributed by atoms with E-state index in [4.69, 9.17) is 0 Å². The highest BCUT2D eigenvalue weighted by Gasteiger charge is 2.19. The second-order valence-electron chi connectivity index (χ2n) is 6.15. The van der Waals surface area contributed by atoms with Gasteiger partial charge in [0.15, 0.2) is 17.5 Å². The first kappa shape index (κ1) is 15.1. The van der Waals surface area contributed by atoms with E-state index in [9.17, 15) is 8.78 Å². The molecule has 0 saturated carbocycles. The fourth-order valence-corrected chi connectivity index (χ4v) is 1.88. The van der Waals surface area contributed by atoms with Crippen LogP contribution >= 0.6 is 0 Å². The van der Waals surface area contributed by atoms with Gasteiger partial charge in [0.05, 0.1) is 5.56 Å². The molecule has 0 bridgehead atoms. The van der Waals surface area contributed by atoms with Crippen molar-refractivity contribution in [2.45, 2.75) is 26.2 Å². The molecule has 0 atom stereocenters. The first-order valence-corrected chi connectivity index (χ1v) is 7.03. The van der Waals surface area contributed by atoms with Crippen LogP contribution in [0.2, 0.25) is 0 Å². The Morgan fingerprint density at radius 1 is 1.04 bits per heavy atom. The summed E-state index contributed by atoms with van der Waals surface area (Å²) in [5, 5.41) is 4.39. The molecule has 0 aliphatic heterocycles. The number of fused-ring (bicyclic) bond motifs is 1. The molecule has 2 aromatic heterocycles. The summed E-state index contributed by atoms with van der Waals surface area (Å²) in [6.07, 6.45) is 3.28. The molecule has 0 unspecified atom stereocenters. The lowest BCUT2D eigenvalue weighted by Gasteiger charge is -2.11. The lowest BCUT2D eigenvalue weighted by Crippen LogP contribution is -2.13. The van der Waals surface area contributed by atoms with Crippen molar-refractivity contribution < 1.29 is 8.78 Å². The predicted molar refractivity (Wildman–Crippen MR) is 81.8 cm³/mol. The maximum absolute atomic E-state index is 13.2. The topological polar surface area (TPSA) is 43.1 Å². The molecular weight excluding hydrogens is 298 g/mol. The van der Waals surface area contributed by atoms with Gasteiger partial charge < -0.3 is 0 Å². The molecule has 23 heavy (non-hydrogen) atoms. The summed E-state index contributed by atoms with van der Waals surface area (Å²) in [5.41, 5.74) is 0.816. The summed E-state index contributed by atoms with van der Waals surface area (Å²) in [4.78, 5) is 8.58. The molecule has 2 heterocycles. The summed E-state index contributed by atoms with van der Waals surface area (Å²) in [7, 11) is 0. The normalized spacial score (nSPS) is 11.3. The molecule has 3 rings (SSSR count). The van der Waals surface area contributed by atoms with Crippen molar-refractivity contribution in [1.29, 1.82) is 0 Å². The van der Waals surface area contributed by atoms with Crippen LogP contribution in [0.4, 0.5) is 8.78 Å². The van der Waals surface area contributed by atoms with Crippen LogP contribution in [0.1, 0.15) is 37.7 Å². The predicted octanol–water partition coefficient (Wildman–Crippen LogP) is 3.10. The molecule has 4 nitrogen and oxygen atoms in total. The second-order valence-corrected chi connectivity index (χ2v) is 6.15. The number of rotatable bonds is 0. The molecule has 0 aliphatic rings. The van der Waals surface area contributed by atoms with E-state index in [-0.39, 0.29) is 5.41 Å². The molecule has 0 spiro atoms. The Bertz CT molecular complexity index is 943. The summed E-state index contributed by atoms with van der Waals surface area (Å²) in [6, 6.07) is 3.53. The number of halogens is 2. The van der Waals surface area contributed by atoms with E-state index in [0.717, 1.165) is 12.1 Å². The van der Waals surface area contributed by atoms with Crippen molar-refractivity contribution in [1.82, 2.24) is 19.6 Å². The molecule has 0 saturated heterocycles. The minimum absolute atomic E-state index is 0.175. The Morgan fingerprint density at radius 3 is 2.48 bits per heavy atom. The SMILES string of the molecule is CC(C)(C)c1nc2ncc(C#Cc3ccc(F)c(F)c3)cn2n1. The highest BCUT2D eigenvalue weighted by Crippen LogP contribution is 2.18. The van der Waals surface area contributed by atoms with Crippen molar-refractivity contribution in [3.63, 3.8) is 0 Å². The summed E-state index contributed by atoms with van der Waals surface area (Å²) in [5.74, 6) is 5.00. The van der Waals surface area contributed by atoms with Gasteiger partial charge in [-0.25, -0.2) is 18.3 Å². The van der Waals surface area contributed by atoms with Gasteiger partial charge in [-0.05, 0) is 18.2 Å². The fourth-order valence-electron chi connectivity index (χ4n) is 1.88. The van der Waals surface area contributed by atoms with Crippen LogP contribution in [-0.2, 0) is 5.41 Å². The quantitative estimate of drug-likeness (QED) is 0.599. The minimum atomic E-state index is -0.920. The molecule has 0 radical (unpaired) electrons. The van der Waals surface area contributed by atoms with Gasteiger partial charge in [0.25, 0.3) is 5.78 Å². The van der Waals surface area contributed by atoms with E-state index in [1.165, 1.54) is 6.07 Å². The Kier molecular flexibility index (Phi) is 3.57. The first-order chi connectivity index (χ1) is 10.8. The average Bonchev–Trinajstić information content (AvgIpc) is 2.92. The zero-order chi connectivity index (χ0) is 16.6. The summed E-state index contributed by atoms with van der Waals surface area (Å²) >= 11 is 0. The van der Waals surface area contributed by atoms with Gasteiger partial charge in [0.1, 0.15) is 0 Å². The number of hydrogen-bond donors (Lipinski definition) is 0. The van der Waals surface area contributed by atoms with Crippen LogP contribution < -0.4 is 0 Å². The number of hydrogen-bond acceptors (Lipinski definition) is 3. The number of aromatic nitrogens is 4. The third-order valence-corrected chi connectivity index (χ3v) is 3.14. The van der Waals surface area contributed by atoms with Gasteiger partial charge >= 0.3 is 0 Å². The largest absolute Gasteiger partial charge is 0.252 e. The molecule has 0 N–H and O–H groups in total. The highest BCUT2D eigenvalue weighted by molar-refractivity contribution is 5.43. The van der Waals surface area contributed by atoms with Crippen molar-refractivity contribution >= 4 is 5.78 Å². The zero-order valence-corrected chi connectivity index (χ0v) is 12.9. The van der Waals surface area contributed by atoms with Crippen LogP contribution in [0.15, 0.2) is 30.6 Å². The van der Waals surface area contributed by atoms with Gasteiger partial charge in [0, 0.05) is 23.4 Å². The molecule has 0 fully saturated rings. The van der Waals surface area contributed by atoms with Gasteiger partial charge in [-0.15, -0.1) is 5.10 Å². The molecule has 3 aromatic rings. The van der Waals surface area contributed by atoms with E-state index < -0.39 is 11.6 Å². The third kappa shape index (κ3) is 3.19. The smallest absolute Gasteiger partial charge is 0.218 e. The maximum atomic E-state index is 13.2. The fraction of sp³-hybridized carbons (Fsp3) is 0.235. The third-order valence-electron chi connectivity index (χ3n) is 3.14. The average molecular weight is 312 g/mol. The molecule has 0 amide bonds. The molecule has 116 valence electrons. The standard InChI is InChI=1S/C17H14F2N4/c1-17(2,3)15-21-16-20-9-12(10-23(16)22-15)5-4-11-6-7-13(18)14(19)8-11/h6-10H,1-3H3. The maximum Gasteiger partial charge on any atom is 0.252 e. The molecule has 0 aliphatic carbocycles. The lowest BCUT2D eigenvalue weighted by atomic mass is 9.96. The second kappa shape index (κ2) is 5.43. The van der Waals surface area contributed by atoms with Crippen molar-refractivity contribution in [3.05, 3.63) is 59.2 Å². The molecule has 6 heteroatoms. The van der Waals surface area contributed by atoms with Gasteiger partial charge in [0.2, 0.25) is 0 Å². The van der Waals surface area contributed by atoms with E-state index in [0.29, 0.717) is 22.7 Å². The number of benzene rings is 1. The van der Waals surface area contributed by atoms with Crippen LogP contribution in [-0.4, -0.2) is 19.6 Å². The van der Waals surface area contributed by atoms with Crippen molar-refractivity contribution in [2.24, 2.45) is 0 Å². The summed E-state index contributed by atoms with van der Waals surface area (Å²) < 4.78 is 27.6. The zero-order valence-electron chi connectivity index (χ0n) is 12.9. The Balaban J connectivity index is 1.95. The molecule has 1 aromatic carbocycles.